The van der Waals surface area contributed by atoms with E-state index in [9.17, 15) is 9.59 Å². The highest BCUT2D eigenvalue weighted by atomic mass is 32.1. The molecule has 5 rings (SSSR count). The molecular weight excluding hydrogens is 384 g/mol. The third kappa shape index (κ3) is 3.55. The van der Waals surface area contributed by atoms with Crippen LogP contribution in [-0.4, -0.2) is 47.1 Å². The van der Waals surface area contributed by atoms with E-state index in [-0.39, 0.29) is 11.9 Å². The molecule has 2 saturated heterocycles. The molecule has 0 bridgehead atoms. The molecule has 0 atom stereocenters. The van der Waals surface area contributed by atoms with Crippen LogP contribution in [0.2, 0.25) is 0 Å². The van der Waals surface area contributed by atoms with Crippen LogP contribution in [0.1, 0.15) is 62.3 Å². The van der Waals surface area contributed by atoms with Gasteiger partial charge in [-0.25, -0.2) is 14.7 Å². The van der Waals surface area contributed by atoms with Crippen molar-refractivity contribution in [2.45, 2.75) is 62.8 Å². The fourth-order valence-corrected chi connectivity index (χ4v) is 6.35. The number of hydrogen-bond acceptors (Lipinski definition) is 4. The second-order valence-electron chi connectivity index (χ2n) is 8.86. The topological polar surface area (TPSA) is 66.7 Å². The van der Waals surface area contributed by atoms with Crippen molar-refractivity contribution in [1.82, 2.24) is 15.2 Å². The Balaban J connectivity index is 1.21. The highest BCUT2D eigenvalue weighted by Gasteiger charge is 2.51. The minimum absolute atomic E-state index is 0.0187. The first-order chi connectivity index (χ1) is 14.1. The van der Waals surface area contributed by atoms with E-state index >= 15 is 0 Å². The maximum absolute atomic E-state index is 13.1. The first-order valence-electron chi connectivity index (χ1n) is 11.0. The van der Waals surface area contributed by atoms with Crippen LogP contribution < -0.4 is 10.2 Å². The van der Waals surface area contributed by atoms with Crippen LogP contribution in [0.5, 0.6) is 0 Å². The van der Waals surface area contributed by atoms with Crippen LogP contribution in [0, 0.1) is 0 Å². The van der Waals surface area contributed by atoms with E-state index in [1.165, 1.54) is 19.5 Å². The lowest BCUT2D eigenvalue weighted by Crippen LogP contribution is -3.14. The van der Waals surface area contributed by atoms with Gasteiger partial charge in [0.25, 0.3) is 5.91 Å². The maximum atomic E-state index is 13.1. The molecule has 1 aromatic carbocycles. The number of fused-ring (bicyclic) bond motifs is 1. The number of aromatic nitrogens is 1. The molecule has 3 heterocycles. The molecule has 3 aliphatic rings. The molecule has 0 radical (unpaired) electrons. The van der Waals surface area contributed by atoms with Crippen LogP contribution in [-0.2, 0) is 4.79 Å². The molecule has 2 aromatic rings. The number of thiazole rings is 1. The fourth-order valence-electron chi connectivity index (χ4n) is 5.21. The second kappa shape index (κ2) is 7.69. The van der Waals surface area contributed by atoms with Crippen molar-refractivity contribution in [2.75, 3.05) is 19.8 Å². The van der Waals surface area contributed by atoms with Gasteiger partial charge >= 0.3 is 6.03 Å². The predicted octanol–water partition coefficient (Wildman–Crippen LogP) is 2.66. The van der Waals surface area contributed by atoms with E-state index in [2.05, 4.69) is 23.5 Å². The Bertz CT molecular complexity index is 877. The average Bonchev–Trinajstić information content (AvgIpc) is 3.15. The number of nitrogens with zero attached hydrogens (tertiary/aromatic N) is 2. The van der Waals surface area contributed by atoms with E-state index < -0.39 is 5.54 Å². The molecule has 1 aliphatic carbocycles. The molecule has 29 heavy (non-hydrogen) atoms. The number of imide groups is 1. The second-order valence-corrected chi connectivity index (χ2v) is 9.92. The van der Waals surface area contributed by atoms with Gasteiger partial charge in [-0.2, -0.15) is 0 Å². The molecule has 2 aliphatic heterocycles. The number of nitrogens with one attached hydrogen (secondary N) is 2. The largest absolute Gasteiger partial charge is 0.329 e. The molecule has 7 heteroatoms. The lowest BCUT2D eigenvalue weighted by Gasteiger charge is -2.30. The summed E-state index contributed by atoms with van der Waals surface area (Å²) >= 11 is 1.81. The maximum Gasteiger partial charge on any atom is 0.329 e. The number of hydrogen-bond donors (Lipinski definition) is 2. The van der Waals surface area contributed by atoms with E-state index in [0.29, 0.717) is 12.6 Å². The van der Waals surface area contributed by atoms with Crippen LogP contribution in [0.4, 0.5) is 4.79 Å². The average molecular weight is 414 g/mol. The van der Waals surface area contributed by atoms with E-state index in [1.54, 1.807) is 11.3 Å². The minimum atomic E-state index is -0.619. The van der Waals surface area contributed by atoms with Gasteiger partial charge < -0.3 is 10.2 Å². The number of carbonyl (C=O) groups excluding carboxylic acids is 2. The zero-order valence-electron chi connectivity index (χ0n) is 16.8. The molecule has 3 amide bonds. The number of amides is 3. The number of para-hydroxylation sites is 1. The summed E-state index contributed by atoms with van der Waals surface area (Å²) in [5, 5.41) is 4.30. The summed E-state index contributed by atoms with van der Waals surface area (Å²) in [7, 11) is 0. The van der Waals surface area contributed by atoms with Gasteiger partial charge in [-0.1, -0.05) is 37.8 Å². The van der Waals surface area contributed by atoms with Crippen molar-refractivity contribution in [2.24, 2.45) is 0 Å². The zero-order chi connectivity index (χ0) is 19.8. The Morgan fingerprint density at radius 2 is 1.83 bits per heavy atom. The van der Waals surface area contributed by atoms with Gasteiger partial charge in [-0.3, -0.25) is 4.79 Å². The molecule has 3 fully saturated rings. The van der Waals surface area contributed by atoms with Crippen LogP contribution in [0.3, 0.4) is 0 Å². The summed E-state index contributed by atoms with van der Waals surface area (Å²) in [5.41, 5.74) is 0.474. The van der Waals surface area contributed by atoms with Crippen LogP contribution >= 0.6 is 11.3 Å². The van der Waals surface area contributed by atoms with Gasteiger partial charge in [-0.05, 0) is 25.0 Å². The van der Waals surface area contributed by atoms with Gasteiger partial charge in [0.1, 0.15) is 5.54 Å². The Kier molecular flexibility index (Phi) is 5.04. The summed E-state index contributed by atoms with van der Waals surface area (Å²) in [6.45, 7) is 2.45. The Hall–Kier alpha value is -1.99. The van der Waals surface area contributed by atoms with E-state index in [4.69, 9.17) is 4.98 Å². The summed E-state index contributed by atoms with van der Waals surface area (Å²) in [4.78, 5) is 33.4. The molecule has 1 saturated carbocycles. The van der Waals surface area contributed by atoms with E-state index in [0.717, 1.165) is 70.0 Å². The highest BCUT2D eigenvalue weighted by Crippen LogP contribution is 2.33. The number of carbonyl (C=O) groups is 2. The summed E-state index contributed by atoms with van der Waals surface area (Å²) < 4.78 is 1.25. The lowest BCUT2D eigenvalue weighted by atomic mass is 9.90. The predicted molar refractivity (Wildman–Crippen MR) is 113 cm³/mol. The fraction of sp³-hybridized carbons (Fsp3) is 0.591. The number of benzene rings is 1. The van der Waals surface area contributed by atoms with Gasteiger partial charge in [0.05, 0.1) is 28.3 Å². The van der Waals surface area contributed by atoms with Crippen LogP contribution in [0.15, 0.2) is 24.3 Å². The lowest BCUT2D eigenvalue weighted by molar-refractivity contribution is -0.912. The van der Waals surface area contributed by atoms with Crippen LogP contribution in [0.25, 0.3) is 10.2 Å². The first-order valence-corrected chi connectivity index (χ1v) is 11.8. The molecule has 6 nitrogen and oxygen atoms in total. The zero-order valence-corrected chi connectivity index (χ0v) is 17.6. The van der Waals surface area contributed by atoms with Crippen molar-refractivity contribution in [3.05, 3.63) is 29.3 Å². The number of rotatable bonds is 3. The molecule has 2 N–H and O–H groups in total. The van der Waals surface area contributed by atoms with Crippen molar-refractivity contribution in [3.8, 4) is 0 Å². The first kappa shape index (κ1) is 19.0. The monoisotopic (exact) mass is 413 g/mol. The Labute approximate surface area is 175 Å². The summed E-state index contributed by atoms with van der Waals surface area (Å²) in [6.07, 6.45) is 8.09. The Morgan fingerprint density at radius 1 is 1.10 bits per heavy atom. The third-order valence-corrected chi connectivity index (χ3v) is 8.14. The van der Waals surface area contributed by atoms with Crippen molar-refractivity contribution in [1.29, 1.82) is 0 Å². The molecule has 1 aromatic heterocycles. The molecule has 154 valence electrons. The highest BCUT2D eigenvalue weighted by molar-refractivity contribution is 7.18. The molecular formula is C22H29N4O2S+. The number of likely N-dealkylation sites (tertiary alicyclic amines) is 1. The SMILES string of the molecule is O=C1NC2(CCCCCC2)C(=O)N1C[NH+]1CCC(c2nc3ccccc3s2)CC1. The van der Waals surface area contributed by atoms with Crippen molar-refractivity contribution < 1.29 is 14.5 Å². The quantitative estimate of drug-likeness (QED) is 0.761. The van der Waals surface area contributed by atoms with Crippen molar-refractivity contribution in [3.63, 3.8) is 0 Å². The van der Waals surface area contributed by atoms with Crippen molar-refractivity contribution >= 4 is 33.5 Å². The molecule has 1 spiro atoms. The number of piperidine rings is 1. The smallest absolute Gasteiger partial charge is 0.323 e. The third-order valence-electron chi connectivity index (χ3n) is 6.94. The number of urea groups is 1. The standard InChI is InChI=1S/C22H28N4O2S/c27-20-22(11-5-1-2-6-12-22)24-21(28)26(20)15-25-13-9-16(10-14-25)19-23-17-7-3-4-8-18(17)29-19/h3-4,7-8,16H,1-2,5-6,9-15H2,(H,24,28)/p+1. The van der Waals surface area contributed by atoms with E-state index in [1.807, 2.05) is 6.07 Å². The van der Waals surface area contributed by atoms with Gasteiger partial charge in [0.15, 0.2) is 6.67 Å². The normalized spacial score (nSPS) is 27.4. The minimum Gasteiger partial charge on any atom is -0.323 e. The van der Waals surface area contributed by atoms with Gasteiger partial charge in [0, 0.05) is 18.8 Å². The van der Waals surface area contributed by atoms with Gasteiger partial charge in [-0.15, -0.1) is 11.3 Å². The Morgan fingerprint density at radius 3 is 2.55 bits per heavy atom. The summed E-state index contributed by atoms with van der Waals surface area (Å²) in [5.74, 6) is 0.512. The summed E-state index contributed by atoms with van der Waals surface area (Å²) in [6, 6.07) is 8.14. The molecule has 0 unspecified atom stereocenters. The number of quaternary nitrogens is 1. The van der Waals surface area contributed by atoms with Gasteiger partial charge in [0.2, 0.25) is 0 Å².